The first-order valence-corrected chi connectivity index (χ1v) is 6.76. The van der Waals surface area contributed by atoms with Crippen molar-refractivity contribution >= 4 is 29.2 Å². The first kappa shape index (κ1) is 17.1. The number of halogens is 4. The van der Waals surface area contributed by atoms with Crippen molar-refractivity contribution in [2.45, 2.75) is 6.18 Å². The first-order valence-electron chi connectivity index (χ1n) is 6.38. The zero-order chi connectivity index (χ0) is 17.2. The molecule has 0 saturated carbocycles. The summed E-state index contributed by atoms with van der Waals surface area (Å²) in [6.45, 7) is -1.48. The van der Waals surface area contributed by atoms with Gasteiger partial charge in [0.25, 0.3) is 0 Å². The summed E-state index contributed by atoms with van der Waals surface area (Å²) in [5, 5.41) is 11.2. The normalized spacial score (nSPS) is 19.8. The third-order valence-electron chi connectivity index (χ3n) is 3.09. The van der Waals surface area contributed by atoms with Crippen molar-refractivity contribution in [3.63, 3.8) is 0 Å². The molecule has 1 aromatic carbocycles. The molecule has 0 aromatic heterocycles. The molecule has 2 atom stereocenters. The SMILES string of the molecule is O=C(Nc1ccc(OCC(F)(F)F)c(Cl)c1)[C@H]1C=C[C@H]1C(=O)O. The van der Waals surface area contributed by atoms with Crippen molar-refractivity contribution in [2.75, 3.05) is 11.9 Å². The lowest BCUT2D eigenvalue weighted by molar-refractivity contribution is -0.153. The van der Waals surface area contributed by atoms with Crippen LogP contribution in [0.25, 0.3) is 0 Å². The van der Waals surface area contributed by atoms with Crippen LogP contribution in [0, 0.1) is 11.8 Å². The van der Waals surface area contributed by atoms with E-state index in [1.165, 1.54) is 30.4 Å². The average molecular weight is 350 g/mol. The van der Waals surface area contributed by atoms with Gasteiger partial charge < -0.3 is 15.2 Å². The maximum Gasteiger partial charge on any atom is 0.422 e. The number of carboxylic acid groups (broad SMARTS) is 1. The number of ether oxygens (including phenoxy) is 1. The number of carbonyl (C=O) groups is 2. The minimum absolute atomic E-state index is 0.106. The summed E-state index contributed by atoms with van der Waals surface area (Å²) < 4.78 is 40.8. The number of rotatable bonds is 5. The number of carbonyl (C=O) groups excluding carboxylic acids is 1. The molecular weight excluding hydrogens is 339 g/mol. The quantitative estimate of drug-likeness (QED) is 0.801. The molecule has 9 heteroatoms. The Morgan fingerprint density at radius 2 is 1.91 bits per heavy atom. The third-order valence-corrected chi connectivity index (χ3v) is 3.39. The Bertz CT molecular complexity index is 660. The van der Waals surface area contributed by atoms with E-state index in [0.29, 0.717) is 0 Å². The molecule has 0 radical (unpaired) electrons. The Kier molecular flexibility index (Phi) is 4.84. The molecule has 1 aliphatic rings. The van der Waals surface area contributed by atoms with Gasteiger partial charge in [0.2, 0.25) is 5.91 Å². The Balaban J connectivity index is 1.99. The minimum atomic E-state index is -4.49. The second kappa shape index (κ2) is 6.49. The van der Waals surface area contributed by atoms with Crippen molar-refractivity contribution in [1.82, 2.24) is 0 Å². The van der Waals surface area contributed by atoms with Crippen molar-refractivity contribution < 1.29 is 32.6 Å². The highest BCUT2D eigenvalue weighted by Crippen LogP contribution is 2.31. The van der Waals surface area contributed by atoms with Gasteiger partial charge in [-0.2, -0.15) is 13.2 Å². The molecule has 1 aliphatic carbocycles. The van der Waals surface area contributed by atoms with Crippen LogP contribution in [0.15, 0.2) is 30.4 Å². The lowest BCUT2D eigenvalue weighted by Crippen LogP contribution is -2.36. The van der Waals surface area contributed by atoms with Crippen LogP contribution >= 0.6 is 11.6 Å². The van der Waals surface area contributed by atoms with Gasteiger partial charge in [-0.3, -0.25) is 9.59 Å². The molecule has 5 nitrogen and oxygen atoms in total. The fourth-order valence-electron chi connectivity index (χ4n) is 1.90. The summed E-state index contributed by atoms with van der Waals surface area (Å²) in [6, 6.07) is 3.73. The van der Waals surface area contributed by atoms with Crippen molar-refractivity contribution in [1.29, 1.82) is 0 Å². The van der Waals surface area contributed by atoms with Gasteiger partial charge in [0, 0.05) is 5.69 Å². The van der Waals surface area contributed by atoms with E-state index in [9.17, 15) is 22.8 Å². The van der Waals surface area contributed by atoms with Crippen LogP contribution in [0.5, 0.6) is 5.75 Å². The molecule has 0 aliphatic heterocycles. The average Bonchev–Trinajstić information content (AvgIpc) is 2.34. The number of nitrogens with one attached hydrogen (secondary N) is 1. The van der Waals surface area contributed by atoms with Crippen LogP contribution < -0.4 is 10.1 Å². The zero-order valence-electron chi connectivity index (χ0n) is 11.4. The molecule has 1 aromatic rings. The first-order chi connectivity index (χ1) is 10.7. The standard InChI is InChI=1S/C14H11ClF3NO4/c15-10-5-7(1-4-11(10)23-6-14(16,17)18)19-12(20)8-2-3-9(8)13(21)22/h1-5,8-9H,6H2,(H,19,20)(H,21,22)/t8-,9+/m0/s1. The van der Waals surface area contributed by atoms with Crippen molar-refractivity contribution in [2.24, 2.45) is 11.8 Å². The molecule has 1 amide bonds. The van der Waals surface area contributed by atoms with E-state index < -0.39 is 36.5 Å². The molecule has 0 saturated heterocycles. The van der Waals surface area contributed by atoms with E-state index in [-0.39, 0.29) is 16.5 Å². The van der Waals surface area contributed by atoms with Crippen LogP contribution in [-0.4, -0.2) is 29.8 Å². The van der Waals surface area contributed by atoms with Crippen molar-refractivity contribution in [3.05, 3.63) is 35.4 Å². The number of amides is 1. The lowest BCUT2D eigenvalue weighted by atomic mass is 9.81. The summed E-state index contributed by atoms with van der Waals surface area (Å²) in [6.07, 6.45) is -1.64. The smallest absolute Gasteiger partial charge is 0.422 e. The second-order valence-corrected chi connectivity index (χ2v) is 5.22. The molecule has 0 spiro atoms. The van der Waals surface area contributed by atoms with Gasteiger partial charge in [-0.1, -0.05) is 23.8 Å². The van der Waals surface area contributed by atoms with E-state index in [1.807, 2.05) is 0 Å². The highest BCUT2D eigenvalue weighted by molar-refractivity contribution is 6.32. The number of carboxylic acids is 1. The zero-order valence-corrected chi connectivity index (χ0v) is 12.2. The number of hydrogen-bond acceptors (Lipinski definition) is 3. The number of benzene rings is 1. The molecule has 0 heterocycles. The molecule has 0 fully saturated rings. The predicted octanol–water partition coefficient (Wildman–Crippen LogP) is 3.11. The van der Waals surface area contributed by atoms with Gasteiger partial charge in [0.05, 0.1) is 16.9 Å². The van der Waals surface area contributed by atoms with Gasteiger partial charge in [-0.05, 0) is 18.2 Å². The van der Waals surface area contributed by atoms with Gasteiger partial charge >= 0.3 is 12.1 Å². The number of hydrogen-bond donors (Lipinski definition) is 2. The van der Waals surface area contributed by atoms with Crippen LogP contribution in [0.3, 0.4) is 0 Å². The lowest BCUT2D eigenvalue weighted by Gasteiger charge is -2.24. The Morgan fingerprint density at radius 1 is 1.26 bits per heavy atom. The maximum atomic E-state index is 12.1. The molecule has 23 heavy (non-hydrogen) atoms. The fourth-order valence-corrected chi connectivity index (χ4v) is 2.14. The van der Waals surface area contributed by atoms with E-state index in [2.05, 4.69) is 10.1 Å². The van der Waals surface area contributed by atoms with E-state index in [1.54, 1.807) is 0 Å². The van der Waals surface area contributed by atoms with E-state index >= 15 is 0 Å². The van der Waals surface area contributed by atoms with Crippen LogP contribution in [0.2, 0.25) is 5.02 Å². The summed E-state index contributed by atoms with van der Waals surface area (Å²) in [4.78, 5) is 22.8. The van der Waals surface area contributed by atoms with Crippen LogP contribution in [-0.2, 0) is 9.59 Å². The Labute approximate surface area is 133 Å². The predicted molar refractivity (Wildman–Crippen MR) is 75.4 cm³/mol. The largest absolute Gasteiger partial charge is 0.483 e. The number of aliphatic carboxylic acids is 1. The molecule has 0 bridgehead atoms. The highest BCUT2D eigenvalue weighted by Gasteiger charge is 2.36. The molecule has 0 unspecified atom stereocenters. The van der Waals surface area contributed by atoms with Crippen molar-refractivity contribution in [3.8, 4) is 5.75 Å². The Hall–Kier alpha value is -2.22. The molecule has 124 valence electrons. The fraction of sp³-hybridized carbons (Fsp3) is 0.286. The molecular formula is C14H11ClF3NO4. The van der Waals surface area contributed by atoms with Crippen LogP contribution in [0.1, 0.15) is 0 Å². The third kappa shape index (κ3) is 4.38. The van der Waals surface area contributed by atoms with E-state index in [4.69, 9.17) is 16.7 Å². The number of alkyl halides is 3. The maximum absolute atomic E-state index is 12.1. The van der Waals surface area contributed by atoms with E-state index in [0.717, 1.165) is 0 Å². The minimum Gasteiger partial charge on any atom is -0.483 e. The van der Waals surface area contributed by atoms with Gasteiger partial charge in [0.15, 0.2) is 6.61 Å². The monoisotopic (exact) mass is 349 g/mol. The van der Waals surface area contributed by atoms with Gasteiger partial charge in [0.1, 0.15) is 5.75 Å². The molecule has 2 N–H and O–H groups in total. The Morgan fingerprint density at radius 3 is 2.39 bits per heavy atom. The topological polar surface area (TPSA) is 75.6 Å². The highest BCUT2D eigenvalue weighted by atomic mass is 35.5. The summed E-state index contributed by atoms with van der Waals surface area (Å²) in [7, 11) is 0. The second-order valence-electron chi connectivity index (χ2n) is 4.81. The summed E-state index contributed by atoms with van der Waals surface area (Å²) >= 11 is 5.80. The summed E-state index contributed by atoms with van der Waals surface area (Å²) in [5.41, 5.74) is 0.226. The summed E-state index contributed by atoms with van der Waals surface area (Å²) in [5.74, 6) is -3.51. The van der Waals surface area contributed by atoms with Gasteiger partial charge in [-0.15, -0.1) is 0 Å². The molecule has 2 rings (SSSR count). The van der Waals surface area contributed by atoms with Gasteiger partial charge in [-0.25, -0.2) is 0 Å². The van der Waals surface area contributed by atoms with Crippen LogP contribution in [0.4, 0.5) is 18.9 Å². The number of anilines is 1.